The maximum absolute atomic E-state index is 12.6. The standard InChI is InChI=1S/C20H17ClO5/c1-11-16(25-12(2)20(23)24-3)9-8-15-18(22)17(26-19(11)15)10-13-4-6-14(21)7-5-13/h4-10,12H,1-3H3/b17-10-. The molecule has 0 aliphatic carbocycles. The third-order valence-corrected chi connectivity index (χ3v) is 4.29. The predicted molar refractivity (Wildman–Crippen MR) is 97.7 cm³/mol. The van der Waals surface area contributed by atoms with Crippen molar-refractivity contribution in [1.29, 1.82) is 0 Å². The molecular weight excluding hydrogens is 356 g/mol. The average molecular weight is 373 g/mol. The van der Waals surface area contributed by atoms with E-state index in [0.29, 0.717) is 27.6 Å². The van der Waals surface area contributed by atoms with Gasteiger partial charge in [-0.15, -0.1) is 0 Å². The van der Waals surface area contributed by atoms with Crippen LogP contribution in [0.15, 0.2) is 42.2 Å². The number of hydrogen-bond donors (Lipinski definition) is 0. The van der Waals surface area contributed by atoms with Crippen molar-refractivity contribution < 1.29 is 23.8 Å². The van der Waals surface area contributed by atoms with Crippen LogP contribution >= 0.6 is 11.6 Å². The maximum atomic E-state index is 12.6. The second-order valence-corrected chi connectivity index (χ2v) is 6.28. The first-order valence-corrected chi connectivity index (χ1v) is 8.36. The fourth-order valence-corrected chi connectivity index (χ4v) is 2.74. The van der Waals surface area contributed by atoms with Gasteiger partial charge in [0.25, 0.3) is 0 Å². The fourth-order valence-electron chi connectivity index (χ4n) is 2.61. The summed E-state index contributed by atoms with van der Waals surface area (Å²) >= 11 is 5.88. The number of allylic oxidation sites excluding steroid dienone is 1. The van der Waals surface area contributed by atoms with Crippen LogP contribution in [0.1, 0.15) is 28.4 Å². The van der Waals surface area contributed by atoms with E-state index >= 15 is 0 Å². The van der Waals surface area contributed by atoms with Crippen molar-refractivity contribution in [3.05, 3.63) is 63.9 Å². The molecule has 26 heavy (non-hydrogen) atoms. The minimum absolute atomic E-state index is 0.203. The van der Waals surface area contributed by atoms with Gasteiger partial charge in [0.05, 0.1) is 12.7 Å². The highest BCUT2D eigenvalue weighted by atomic mass is 35.5. The first-order valence-electron chi connectivity index (χ1n) is 7.98. The van der Waals surface area contributed by atoms with Crippen LogP contribution < -0.4 is 9.47 Å². The van der Waals surface area contributed by atoms with Gasteiger partial charge in [0, 0.05) is 10.6 Å². The van der Waals surface area contributed by atoms with Gasteiger partial charge >= 0.3 is 5.97 Å². The summed E-state index contributed by atoms with van der Waals surface area (Å²) in [5.41, 5.74) is 1.91. The number of halogens is 1. The van der Waals surface area contributed by atoms with Gasteiger partial charge < -0.3 is 14.2 Å². The molecule has 134 valence electrons. The Hall–Kier alpha value is -2.79. The van der Waals surface area contributed by atoms with E-state index in [2.05, 4.69) is 4.74 Å². The molecular formula is C20H17ClO5. The number of Topliss-reactive ketones (excluding diaryl/α,β-unsaturated/α-hetero) is 1. The summed E-state index contributed by atoms with van der Waals surface area (Å²) in [5.74, 6) is 0.436. The molecule has 5 nitrogen and oxygen atoms in total. The first kappa shape index (κ1) is 18.0. The largest absolute Gasteiger partial charge is 0.479 e. The highest BCUT2D eigenvalue weighted by Crippen LogP contribution is 2.39. The van der Waals surface area contributed by atoms with Crippen molar-refractivity contribution >= 4 is 29.4 Å². The summed E-state index contributed by atoms with van der Waals surface area (Å²) in [6.07, 6.45) is 0.897. The lowest BCUT2D eigenvalue weighted by Crippen LogP contribution is -2.25. The molecule has 0 saturated carbocycles. The Kier molecular flexibility index (Phi) is 5.00. The van der Waals surface area contributed by atoms with Gasteiger partial charge in [-0.05, 0) is 49.8 Å². The maximum Gasteiger partial charge on any atom is 0.346 e. The molecule has 3 rings (SSSR count). The summed E-state index contributed by atoms with van der Waals surface area (Å²) < 4.78 is 16.1. The SMILES string of the molecule is COC(=O)C(C)Oc1ccc2c(c1C)O/C(=C\c1ccc(Cl)cc1)C2=O. The van der Waals surface area contributed by atoms with E-state index in [1.807, 2.05) is 0 Å². The normalized spacial score (nSPS) is 15.4. The molecule has 0 spiro atoms. The van der Waals surface area contributed by atoms with E-state index in [1.165, 1.54) is 7.11 Å². The zero-order valence-electron chi connectivity index (χ0n) is 14.5. The quantitative estimate of drug-likeness (QED) is 0.594. The number of fused-ring (bicyclic) bond motifs is 1. The summed E-state index contributed by atoms with van der Waals surface area (Å²) in [7, 11) is 1.30. The zero-order chi connectivity index (χ0) is 18.8. The Morgan fingerprint density at radius 3 is 2.54 bits per heavy atom. The van der Waals surface area contributed by atoms with Crippen LogP contribution in [0.25, 0.3) is 6.08 Å². The molecule has 0 fully saturated rings. The molecule has 0 radical (unpaired) electrons. The van der Waals surface area contributed by atoms with Crippen LogP contribution in [0.2, 0.25) is 5.02 Å². The Labute approximate surface area is 156 Å². The topological polar surface area (TPSA) is 61.8 Å². The summed E-state index contributed by atoms with van der Waals surface area (Å²) in [5, 5.41) is 0.617. The Balaban J connectivity index is 1.89. The minimum atomic E-state index is -0.766. The number of carbonyl (C=O) groups excluding carboxylic acids is 2. The molecule has 0 saturated heterocycles. The van der Waals surface area contributed by atoms with E-state index in [9.17, 15) is 9.59 Å². The highest BCUT2D eigenvalue weighted by molar-refractivity contribution is 6.30. The summed E-state index contributed by atoms with van der Waals surface area (Å²) in [4.78, 5) is 24.1. The molecule has 6 heteroatoms. The highest BCUT2D eigenvalue weighted by Gasteiger charge is 2.30. The van der Waals surface area contributed by atoms with Crippen LogP contribution in [-0.2, 0) is 9.53 Å². The van der Waals surface area contributed by atoms with E-state index in [1.54, 1.807) is 56.3 Å². The van der Waals surface area contributed by atoms with Gasteiger partial charge in [-0.25, -0.2) is 4.79 Å². The van der Waals surface area contributed by atoms with Crippen LogP contribution in [0.3, 0.4) is 0 Å². The zero-order valence-corrected chi connectivity index (χ0v) is 15.3. The van der Waals surface area contributed by atoms with E-state index in [0.717, 1.165) is 5.56 Å². The van der Waals surface area contributed by atoms with Crippen LogP contribution in [0, 0.1) is 6.92 Å². The van der Waals surface area contributed by atoms with E-state index < -0.39 is 12.1 Å². The number of methoxy groups -OCH3 is 1. The van der Waals surface area contributed by atoms with Gasteiger partial charge in [-0.1, -0.05) is 23.7 Å². The Morgan fingerprint density at radius 2 is 1.88 bits per heavy atom. The van der Waals surface area contributed by atoms with E-state index in [-0.39, 0.29) is 11.5 Å². The smallest absolute Gasteiger partial charge is 0.346 e. The average Bonchev–Trinajstić information content (AvgIpc) is 2.95. The molecule has 1 aliphatic rings. The minimum Gasteiger partial charge on any atom is -0.479 e. The molecule has 0 aromatic heterocycles. The number of ketones is 1. The van der Waals surface area contributed by atoms with Crippen molar-refractivity contribution in [2.75, 3.05) is 7.11 Å². The van der Waals surface area contributed by atoms with Gasteiger partial charge in [0.1, 0.15) is 11.5 Å². The second-order valence-electron chi connectivity index (χ2n) is 5.84. The third kappa shape index (κ3) is 3.44. The van der Waals surface area contributed by atoms with Crippen LogP contribution in [0.4, 0.5) is 0 Å². The molecule has 1 heterocycles. The second kappa shape index (κ2) is 7.22. The monoisotopic (exact) mass is 372 g/mol. The number of benzene rings is 2. The third-order valence-electron chi connectivity index (χ3n) is 4.04. The van der Waals surface area contributed by atoms with Crippen molar-refractivity contribution in [1.82, 2.24) is 0 Å². The fraction of sp³-hybridized carbons (Fsp3) is 0.200. The van der Waals surface area contributed by atoms with Gasteiger partial charge in [-0.3, -0.25) is 4.79 Å². The predicted octanol–water partition coefficient (Wildman–Crippen LogP) is 4.20. The van der Waals surface area contributed by atoms with Crippen LogP contribution in [-0.4, -0.2) is 25.0 Å². The van der Waals surface area contributed by atoms with Gasteiger partial charge in [0.15, 0.2) is 11.9 Å². The molecule has 2 aromatic rings. The lowest BCUT2D eigenvalue weighted by atomic mass is 10.1. The molecule has 1 atom stereocenters. The number of rotatable bonds is 4. The van der Waals surface area contributed by atoms with E-state index in [4.69, 9.17) is 21.1 Å². The number of ether oxygens (including phenoxy) is 3. The van der Waals surface area contributed by atoms with Crippen molar-refractivity contribution in [2.45, 2.75) is 20.0 Å². The number of esters is 1. The number of hydrogen-bond acceptors (Lipinski definition) is 5. The number of carbonyl (C=O) groups is 2. The lowest BCUT2D eigenvalue weighted by Gasteiger charge is -2.15. The first-order chi connectivity index (χ1) is 12.4. The van der Waals surface area contributed by atoms with Crippen LogP contribution in [0.5, 0.6) is 11.5 Å². The van der Waals surface area contributed by atoms with Gasteiger partial charge in [0.2, 0.25) is 5.78 Å². The summed E-state index contributed by atoms with van der Waals surface area (Å²) in [6.45, 7) is 3.37. The Morgan fingerprint density at radius 1 is 1.19 bits per heavy atom. The van der Waals surface area contributed by atoms with Gasteiger partial charge in [-0.2, -0.15) is 0 Å². The molecule has 0 amide bonds. The molecule has 1 aliphatic heterocycles. The Bertz CT molecular complexity index is 899. The van der Waals surface area contributed by atoms with Crippen molar-refractivity contribution in [2.24, 2.45) is 0 Å². The van der Waals surface area contributed by atoms with Crippen molar-refractivity contribution in [3.8, 4) is 11.5 Å². The molecule has 0 bridgehead atoms. The molecule has 0 N–H and O–H groups in total. The lowest BCUT2D eigenvalue weighted by molar-refractivity contribution is -0.147. The van der Waals surface area contributed by atoms with Crippen molar-refractivity contribution in [3.63, 3.8) is 0 Å². The molecule has 2 aromatic carbocycles. The molecule has 1 unspecified atom stereocenters. The summed E-state index contributed by atoms with van der Waals surface area (Å²) in [6, 6.07) is 10.4.